The Morgan fingerprint density at radius 3 is 2.32 bits per heavy atom. The zero-order chi connectivity index (χ0) is 20.4. The minimum Gasteiger partial charge on any atom is -0.486 e. The number of benzene rings is 1. The lowest BCUT2D eigenvalue weighted by Gasteiger charge is -2.21. The molecule has 154 valence electrons. The van der Waals surface area contributed by atoms with Crippen molar-refractivity contribution in [3.8, 4) is 5.75 Å². The molecule has 28 heavy (non-hydrogen) atoms. The van der Waals surface area contributed by atoms with E-state index in [1.807, 2.05) is 29.0 Å². The second-order valence-corrected chi connectivity index (χ2v) is 8.76. The molecule has 1 aromatic heterocycles. The first kappa shape index (κ1) is 22.3. The fourth-order valence-corrected chi connectivity index (χ4v) is 3.49. The molecule has 2 aromatic rings. The Balaban J connectivity index is 1.73. The smallest absolute Gasteiger partial charge is 0.189 e. The van der Waals surface area contributed by atoms with Crippen LogP contribution < -0.4 is 4.74 Å². The number of aromatic nitrogens is 1. The number of hydrogen-bond acceptors (Lipinski definition) is 2. The van der Waals surface area contributed by atoms with Crippen molar-refractivity contribution in [3.05, 3.63) is 53.9 Å². The Kier molecular flexibility index (Phi) is 8.82. The summed E-state index contributed by atoms with van der Waals surface area (Å²) >= 11 is 0. The normalized spacial score (nSPS) is 11.6. The first-order valence-corrected chi connectivity index (χ1v) is 10.8. The maximum atomic E-state index is 12.3. The third-order valence-electron chi connectivity index (χ3n) is 5.09. The predicted molar refractivity (Wildman–Crippen MR) is 117 cm³/mol. The molecule has 0 unspecified atom stereocenters. The van der Waals surface area contributed by atoms with Crippen LogP contribution in [0.25, 0.3) is 0 Å². The van der Waals surface area contributed by atoms with Gasteiger partial charge >= 0.3 is 0 Å². The molecule has 0 aliphatic rings. The van der Waals surface area contributed by atoms with E-state index in [1.165, 1.54) is 49.8 Å². The summed E-state index contributed by atoms with van der Waals surface area (Å²) in [5.74, 6) is 0.849. The van der Waals surface area contributed by atoms with Crippen molar-refractivity contribution >= 4 is 5.78 Å². The number of hydrogen-bond donors (Lipinski definition) is 0. The molecular formula is C25H37NO2. The summed E-state index contributed by atoms with van der Waals surface area (Å²) in [6.07, 6.45) is 11.0. The van der Waals surface area contributed by atoms with Crippen LogP contribution in [0, 0.1) is 0 Å². The number of ketones is 1. The van der Waals surface area contributed by atoms with E-state index in [-0.39, 0.29) is 17.8 Å². The molecule has 0 N–H and O–H groups in total. The third-order valence-corrected chi connectivity index (χ3v) is 5.09. The summed E-state index contributed by atoms with van der Waals surface area (Å²) < 4.78 is 7.73. The molecule has 1 heterocycles. The number of Topliss-reactive ketones (excluding diaryl/α,β-unsaturated/α-hetero) is 1. The van der Waals surface area contributed by atoms with Crippen molar-refractivity contribution in [2.75, 3.05) is 6.61 Å². The van der Waals surface area contributed by atoms with Crippen LogP contribution in [0.3, 0.4) is 0 Å². The molecule has 3 heteroatoms. The van der Waals surface area contributed by atoms with Crippen LogP contribution >= 0.6 is 0 Å². The molecular weight excluding hydrogens is 346 g/mol. The van der Waals surface area contributed by atoms with Crippen LogP contribution in [0.15, 0.2) is 42.6 Å². The average Bonchev–Trinajstić information content (AvgIpc) is 3.12. The molecule has 0 aliphatic heterocycles. The van der Waals surface area contributed by atoms with E-state index in [9.17, 15) is 4.79 Å². The number of carbonyl (C=O) groups excluding carboxylic acids is 1. The highest BCUT2D eigenvalue weighted by molar-refractivity contribution is 5.79. The molecule has 0 saturated carbocycles. The Morgan fingerprint density at radius 1 is 0.964 bits per heavy atom. The highest BCUT2D eigenvalue weighted by Gasteiger charge is 2.18. The maximum Gasteiger partial charge on any atom is 0.189 e. The summed E-state index contributed by atoms with van der Waals surface area (Å²) in [7, 11) is 0. The van der Waals surface area contributed by atoms with E-state index < -0.39 is 0 Å². The van der Waals surface area contributed by atoms with E-state index in [0.29, 0.717) is 6.54 Å². The second kappa shape index (κ2) is 11.1. The Hall–Kier alpha value is -2.03. The van der Waals surface area contributed by atoms with Crippen molar-refractivity contribution in [1.29, 1.82) is 0 Å². The molecule has 0 aliphatic carbocycles. The zero-order valence-corrected chi connectivity index (χ0v) is 18.2. The lowest BCUT2D eigenvalue weighted by atomic mass is 9.92. The third kappa shape index (κ3) is 7.53. The molecule has 3 nitrogen and oxygen atoms in total. The van der Waals surface area contributed by atoms with Crippen LogP contribution in [0.1, 0.15) is 77.5 Å². The number of rotatable bonds is 12. The van der Waals surface area contributed by atoms with Crippen LogP contribution in [-0.4, -0.2) is 17.0 Å². The second-order valence-electron chi connectivity index (χ2n) is 8.76. The van der Waals surface area contributed by atoms with Gasteiger partial charge in [-0.05, 0) is 42.7 Å². The SMILES string of the molecule is CCCCCCCCc1ccc(OCC(=O)Cn2cccc2C(C)(C)C)cc1. The minimum absolute atomic E-state index is 0.0243. The lowest BCUT2D eigenvalue weighted by Crippen LogP contribution is -2.23. The van der Waals surface area contributed by atoms with Gasteiger partial charge in [-0.3, -0.25) is 4.79 Å². The minimum atomic E-state index is 0.0243. The Labute approximate surface area is 171 Å². The molecule has 0 bridgehead atoms. The largest absolute Gasteiger partial charge is 0.486 e. The van der Waals surface area contributed by atoms with Gasteiger partial charge in [-0.1, -0.05) is 71.9 Å². The highest BCUT2D eigenvalue weighted by Crippen LogP contribution is 2.22. The van der Waals surface area contributed by atoms with E-state index >= 15 is 0 Å². The summed E-state index contributed by atoms with van der Waals surface area (Å²) in [4.78, 5) is 12.3. The Morgan fingerprint density at radius 2 is 1.64 bits per heavy atom. The van der Waals surface area contributed by atoms with Gasteiger partial charge in [0.1, 0.15) is 12.4 Å². The van der Waals surface area contributed by atoms with E-state index in [4.69, 9.17) is 4.74 Å². The summed E-state index contributed by atoms with van der Waals surface area (Å²) in [6.45, 7) is 9.20. The van der Waals surface area contributed by atoms with Crippen molar-refractivity contribution in [2.45, 2.75) is 84.6 Å². The fourth-order valence-electron chi connectivity index (χ4n) is 3.49. The van der Waals surface area contributed by atoms with Gasteiger partial charge < -0.3 is 9.30 Å². The molecule has 2 rings (SSSR count). The standard InChI is InChI=1S/C25H37NO2/c1-5-6-7-8-9-10-12-21-14-16-23(17-15-21)28-20-22(27)19-26-18-11-13-24(26)25(2,3)4/h11,13-18H,5-10,12,19-20H2,1-4H3. The molecule has 0 spiro atoms. The summed E-state index contributed by atoms with van der Waals surface area (Å²) in [5.41, 5.74) is 2.53. The van der Waals surface area contributed by atoms with Gasteiger partial charge in [0.25, 0.3) is 0 Å². The van der Waals surface area contributed by atoms with Gasteiger partial charge in [0.2, 0.25) is 0 Å². The molecule has 0 amide bonds. The van der Waals surface area contributed by atoms with Gasteiger partial charge in [-0.15, -0.1) is 0 Å². The van der Waals surface area contributed by atoms with Crippen LogP contribution in [0.2, 0.25) is 0 Å². The number of nitrogens with zero attached hydrogens (tertiary/aromatic N) is 1. The first-order chi connectivity index (χ1) is 13.4. The van der Waals surface area contributed by atoms with Crippen molar-refractivity contribution in [2.24, 2.45) is 0 Å². The van der Waals surface area contributed by atoms with E-state index in [2.05, 4.69) is 45.9 Å². The molecule has 0 radical (unpaired) electrons. The van der Waals surface area contributed by atoms with Gasteiger partial charge in [0.05, 0.1) is 6.54 Å². The predicted octanol–water partition coefficient (Wildman–Crippen LogP) is 6.34. The van der Waals surface area contributed by atoms with Gasteiger partial charge in [0.15, 0.2) is 5.78 Å². The highest BCUT2D eigenvalue weighted by atomic mass is 16.5. The number of carbonyl (C=O) groups is 1. The molecule has 0 atom stereocenters. The van der Waals surface area contributed by atoms with Crippen molar-refractivity contribution in [1.82, 2.24) is 4.57 Å². The summed E-state index contributed by atoms with van der Waals surface area (Å²) in [5, 5.41) is 0. The lowest BCUT2D eigenvalue weighted by molar-refractivity contribution is -0.121. The monoisotopic (exact) mass is 383 g/mol. The zero-order valence-electron chi connectivity index (χ0n) is 18.2. The van der Waals surface area contributed by atoms with Gasteiger partial charge in [-0.25, -0.2) is 0 Å². The number of ether oxygens (including phenoxy) is 1. The average molecular weight is 384 g/mol. The molecule has 0 saturated heterocycles. The quantitative estimate of drug-likeness (QED) is 0.401. The topological polar surface area (TPSA) is 31.2 Å². The Bertz CT molecular complexity index is 707. The van der Waals surface area contributed by atoms with Crippen molar-refractivity contribution < 1.29 is 9.53 Å². The molecule has 1 aromatic carbocycles. The van der Waals surface area contributed by atoms with E-state index in [0.717, 1.165) is 12.2 Å². The molecule has 0 fully saturated rings. The van der Waals surface area contributed by atoms with Crippen LogP contribution in [0.5, 0.6) is 5.75 Å². The van der Waals surface area contributed by atoms with E-state index in [1.54, 1.807) is 0 Å². The number of unbranched alkanes of at least 4 members (excludes halogenated alkanes) is 5. The number of aryl methyl sites for hydroxylation is 1. The van der Waals surface area contributed by atoms with Crippen molar-refractivity contribution in [3.63, 3.8) is 0 Å². The van der Waals surface area contributed by atoms with Gasteiger partial charge in [-0.2, -0.15) is 0 Å². The first-order valence-electron chi connectivity index (χ1n) is 10.8. The maximum absolute atomic E-state index is 12.3. The van der Waals surface area contributed by atoms with Crippen LogP contribution in [-0.2, 0) is 23.2 Å². The fraction of sp³-hybridized carbons (Fsp3) is 0.560. The van der Waals surface area contributed by atoms with Crippen LogP contribution in [0.4, 0.5) is 0 Å². The summed E-state index contributed by atoms with van der Waals surface area (Å²) in [6, 6.07) is 12.3. The van der Waals surface area contributed by atoms with Gasteiger partial charge in [0, 0.05) is 17.3 Å².